The Morgan fingerprint density at radius 3 is 2.75 bits per heavy atom. The van der Waals surface area contributed by atoms with E-state index in [1.807, 2.05) is 24.1 Å². The van der Waals surface area contributed by atoms with Crippen molar-refractivity contribution in [2.75, 3.05) is 13.1 Å². The lowest BCUT2D eigenvalue weighted by molar-refractivity contribution is 0.0855. The topological polar surface area (TPSA) is 35.9 Å². The van der Waals surface area contributed by atoms with Crippen molar-refractivity contribution in [3.05, 3.63) is 30.0 Å². The van der Waals surface area contributed by atoms with E-state index in [1.54, 1.807) is 6.20 Å². The first-order chi connectivity index (χ1) is 5.81. The largest absolute Gasteiger partial charge is 0.348 e. The average Bonchev–Trinajstić information content (AvgIpc) is 2.01. The molecule has 0 aliphatic carbocycles. The second kappa shape index (κ2) is 3.90. The Morgan fingerprint density at radius 1 is 1.67 bits per heavy atom. The molecule has 4 nitrogen and oxygen atoms in total. The number of hydrogen-bond acceptors (Lipinski definition) is 3. The van der Waals surface area contributed by atoms with Crippen LogP contribution in [0.25, 0.3) is 0 Å². The van der Waals surface area contributed by atoms with E-state index in [1.165, 1.54) is 5.01 Å². The van der Waals surface area contributed by atoms with Gasteiger partial charge in [-0.25, -0.2) is 0 Å². The number of hydrogen-bond donors (Lipinski definition) is 0. The van der Waals surface area contributed by atoms with Gasteiger partial charge in [0.2, 0.25) is 0 Å². The smallest absolute Gasteiger partial charge is 0.0716 e. The maximum absolute atomic E-state index is 10.0. The molecule has 1 heterocycles. The summed E-state index contributed by atoms with van der Waals surface area (Å²) in [4.78, 5) is 12.0. The lowest BCUT2D eigenvalue weighted by Gasteiger charge is -2.39. The SMILES string of the molecule is C=CN(/C=C\C)C1CN(N=O)C1. The first kappa shape index (κ1) is 8.77. The van der Waals surface area contributed by atoms with Crippen LogP contribution in [0, 0.1) is 4.91 Å². The van der Waals surface area contributed by atoms with Crippen LogP contribution in [-0.2, 0) is 0 Å². The summed E-state index contributed by atoms with van der Waals surface area (Å²) in [7, 11) is 0. The van der Waals surface area contributed by atoms with Gasteiger partial charge in [-0.15, -0.1) is 4.91 Å². The number of nitrogens with zero attached hydrogens (tertiary/aromatic N) is 3. The molecular formula is C8H13N3O. The summed E-state index contributed by atoms with van der Waals surface area (Å²) < 4.78 is 0. The van der Waals surface area contributed by atoms with Crippen molar-refractivity contribution in [2.45, 2.75) is 13.0 Å². The zero-order chi connectivity index (χ0) is 8.97. The molecule has 0 saturated carbocycles. The van der Waals surface area contributed by atoms with Crippen LogP contribution in [0.1, 0.15) is 6.92 Å². The number of rotatable bonds is 4. The van der Waals surface area contributed by atoms with Crippen LogP contribution in [0.3, 0.4) is 0 Å². The molecule has 1 saturated heterocycles. The van der Waals surface area contributed by atoms with Crippen LogP contribution in [0.2, 0.25) is 0 Å². The highest BCUT2D eigenvalue weighted by Gasteiger charge is 2.29. The minimum atomic E-state index is 0.358. The summed E-state index contributed by atoms with van der Waals surface area (Å²) >= 11 is 0. The molecule has 0 unspecified atom stereocenters. The van der Waals surface area contributed by atoms with Crippen LogP contribution >= 0.6 is 0 Å². The molecule has 0 amide bonds. The van der Waals surface area contributed by atoms with Gasteiger partial charge < -0.3 is 4.90 Å². The predicted molar refractivity (Wildman–Crippen MR) is 48.0 cm³/mol. The first-order valence-electron chi connectivity index (χ1n) is 3.93. The monoisotopic (exact) mass is 167 g/mol. The summed E-state index contributed by atoms with van der Waals surface area (Å²) in [6.45, 7) is 7.02. The van der Waals surface area contributed by atoms with Crippen molar-refractivity contribution in [1.82, 2.24) is 9.91 Å². The van der Waals surface area contributed by atoms with Gasteiger partial charge in [0.25, 0.3) is 0 Å². The van der Waals surface area contributed by atoms with E-state index in [-0.39, 0.29) is 0 Å². The predicted octanol–water partition coefficient (Wildman–Crippen LogP) is 1.33. The Balaban J connectivity index is 2.38. The average molecular weight is 167 g/mol. The van der Waals surface area contributed by atoms with Gasteiger partial charge in [0, 0.05) is 0 Å². The van der Waals surface area contributed by atoms with Gasteiger partial charge >= 0.3 is 0 Å². The summed E-state index contributed by atoms with van der Waals surface area (Å²) in [6, 6.07) is 0.358. The quantitative estimate of drug-likeness (QED) is 0.592. The van der Waals surface area contributed by atoms with Crippen molar-refractivity contribution in [3.63, 3.8) is 0 Å². The Bertz CT molecular complexity index is 196. The standard InChI is InChI=1S/C8H13N3O/c1-3-5-10(4-2)8-6-11(7-8)9-12/h3-5,8H,2,6-7H2,1H3/b5-3-. The van der Waals surface area contributed by atoms with E-state index in [4.69, 9.17) is 0 Å². The minimum absolute atomic E-state index is 0.358. The van der Waals surface area contributed by atoms with Crippen LogP contribution < -0.4 is 0 Å². The number of allylic oxidation sites excluding steroid dienone is 1. The van der Waals surface area contributed by atoms with Gasteiger partial charge in [0.05, 0.1) is 24.4 Å². The van der Waals surface area contributed by atoms with Gasteiger partial charge in [-0.2, -0.15) is 0 Å². The molecule has 0 atom stereocenters. The minimum Gasteiger partial charge on any atom is -0.348 e. The van der Waals surface area contributed by atoms with Crippen molar-refractivity contribution in [3.8, 4) is 0 Å². The molecule has 0 aromatic rings. The molecule has 0 spiro atoms. The van der Waals surface area contributed by atoms with Gasteiger partial charge in [-0.05, 0) is 19.3 Å². The molecule has 0 bridgehead atoms. The highest BCUT2D eigenvalue weighted by molar-refractivity contribution is 4.96. The Hall–Kier alpha value is -1.32. The fraction of sp³-hybridized carbons (Fsp3) is 0.500. The zero-order valence-electron chi connectivity index (χ0n) is 7.18. The van der Waals surface area contributed by atoms with E-state index < -0.39 is 0 Å². The molecule has 1 aliphatic heterocycles. The third kappa shape index (κ3) is 1.64. The normalized spacial score (nSPS) is 17.6. The third-order valence-electron chi connectivity index (χ3n) is 1.91. The Kier molecular flexibility index (Phi) is 2.85. The highest BCUT2D eigenvalue weighted by atomic mass is 16.3. The maximum Gasteiger partial charge on any atom is 0.0716 e. The lowest BCUT2D eigenvalue weighted by atomic mass is 10.1. The Labute approximate surface area is 72.1 Å². The second-order valence-electron chi connectivity index (χ2n) is 2.72. The summed E-state index contributed by atoms with van der Waals surface area (Å²) in [5, 5.41) is 4.31. The summed E-state index contributed by atoms with van der Waals surface area (Å²) in [6.07, 6.45) is 5.64. The molecule has 0 N–H and O–H groups in total. The van der Waals surface area contributed by atoms with Gasteiger partial charge in [0.1, 0.15) is 0 Å². The van der Waals surface area contributed by atoms with Crippen molar-refractivity contribution in [2.24, 2.45) is 5.29 Å². The van der Waals surface area contributed by atoms with E-state index >= 15 is 0 Å². The first-order valence-corrected chi connectivity index (χ1v) is 3.93. The van der Waals surface area contributed by atoms with E-state index in [9.17, 15) is 4.91 Å². The molecule has 1 rings (SSSR count). The molecule has 0 aromatic heterocycles. The number of nitroso groups, excluding NO2 is 1. The molecule has 1 fully saturated rings. The molecular weight excluding hydrogens is 154 g/mol. The molecule has 0 radical (unpaired) electrons. The van der Waals surface area contributed by atoms with Crippen LogP contribution in [0.5, 0.6) is 0 Å². The molecule has 66 valence electrons. The summed E-state index contributed by atoms with van der Waals surface area (Å²) in [5.74, 6) is 0. The van der Waals surface area contributed by atoms with Crippen molar-refractivity contribution in [1.29, 1.82) is 0 Å². The summed E-state index contributed by atoms with van der Waals surface area (Å²) in [5.41, 5.74) is 0. The van der Waals surface area contributed by atoms with Crippen molar-refractivity contribution >= 4 is 0 Å². The van der Waals surface area contributed by atoms with Crippen molar-refractivity contribution < 1.29 is 0 Å². The Morgan fingerprint density at radius 2 is 2.33 bits per heavy atom. The molecule has 12 heavy (non-hydrogen) atoms. The maximum atomic E-state index is 10.0. The fourth-order valence-electron chi connectivity index (χ4n) is 1.19. The fourth-order valence-corrected chi connectivity index (χ4v) is 1.19. The van der Waals surface area contributed by atoms with E-state index in [2.05, 4.69) is 11.9 Å². The van der Waals surface area contributed by atoms with Gasteiger partial charge in [0.15, 0.2) is 0 Å². The second-order valence-corrected chi connectivity index (χ2v) is 2.72. The van der Waals surface area contributed by atoms with Crippen LogP contribution in [-0.4, -0.2) is 29.0 Å². The zero-order valence-corrected chi connectivity index (χ0v) is 7.18. The van der Waals surface area contributed by atoms with Gasteiger partial charge in [-0.1, -0.05) is 12.7 Å². The van der Waals surface area contributed by atoms with Crippen LogP contribution in [0.15, 0.2) is 30.3 Å². The van der Waals surface area contributed by atoms with E-state index in [0.29, 0.717) is 19.1 Å². The molecule has 0 aromatic carbocycles. The molecule has 1 aliphatic rings. The third-order valence-corrected chi connectivity index (χ3v) is 1.91. The lowest BCUT2D eigenvalue weighted by Crippen LogP contribution is -2.53. The molecule has 4 heteroatoms. The van der Waals surface area contributed by atoms with E-state index in [0.717, 1.165) is 0 Å². The van der Waals surface area contributed by atoms with Gasteiger partial charge in [-0.3, -0.25) is 5.01 Å². The highest BCUT2D eigenvalue weighted by Crippen LogP contribution is 2.15. The van der Waals surface area contributed by atoms with Crippen LogP contribution in [0.4, 0.5) is 0 Å².